The van der Waals surface area contributed by atoms with E-state index in [1.54, 1.807) is 6.20 Å². The van der Waals surface area contributed by atoms with Gasteiger partial charge in [-0.15, -0.1) is 0 Å². The first kappa shape index (κ1) is 16.1. The van der Waals surface area contributed by atoms with Crippen molar-refractivity contribution in [2.24, 2.45) is 7.05 Å². The normalized spacial score (nSPS) is 16.4. The van der Waals surface area contributed by atoms with Gasteiger partial charge in [0.05, 0.1) is 17.7 Å². The van der Waals surface area contributed by atoms with Crippen molar-refractivity contribution in [1.29, 1.82) is 0 Å². The minimum atomic E-state index is -0.828. The van der Waals surface area contributed by atoms with E-state index in [1.165, 1.54) is 11.8 Å². The molecule has 23 heavy (non-hydrogen) atoms. The van der Waals surface area contributed by atoms with E-state index in [0.29, 0.717) is 12.8 Å². The zero-order chi connectivity index (χ0) is 16.3. The number of carbonyl (C=O) groups is 1. The zero-order valence-electron chi connectivity index (χ0n) is 13.2. The van der Waals surface area contributed by atoms with Gasteiger partial charge in [0.25, 0.3) is 0 Å². The molecule has 1 aromatic carbocycles. The molecule has 5 nitrogen and oxygen atoms in total. The minimum absolute atomic E-state index is 0.137. The van der Waals surface area contributed by atoms with Crippen LogP contribution >= 0.6 is 11.8 Å². The molecule has 1 aliphatic rings. The highest BCUT2D eigenvalue weighted by molar-refractivity contribution is 7.99. The highest BCUT2D eigenvalue weighted by Gasteiger charge is 2.33. The topological polar surface area (TPSA) is 67.2 Å². The van der Waals surface area contributed by atoms with Crippen LogP contribution in [0.1, 0.15) is 32.1 Å². The third-order valence-electron chi connectivity index (χ3n) is 4.16. The number of aromatic nitrogens is 2. The Morgan fingerprint density at radius 1 is 1.39 bits per heavy atom. The molecule has 2 N–H and O–H groups in total. The molecule has 122 valence electrons. The molecule has 0 radical (unpaired) electrons. The molecule has 0 spiro atoms. The van der Waals surface area contributed by atoms with E-state index in [1.807, 2.05) is 42.1 Å². The summed E-state index contributed by atoms with van der Waals surface area (Å²) < 4.78 is 1.94. The smallest absolute Gasteiger partial charge is 0.227 e. The van der Waals surface area contributed by atoms with Crippen LogP contribution in [0.15, 0.2) is 46.7 Å². The molecule has 0 saturated heterocycles. The number of para-hydroxylation sites is 1. The maximum Gasteiger partial charge on any atom is 0.227 e. The lowest BCUT2D eigenvalue weighted by Gasteiger charge is -2.21. The van der Waals surface area contributed by atoms with Crippen molar-refractivity contribution in [2.45, 2.75) is 47.8 Å². The quantitative estimate of drug-likeness (QED) is 0.883. The summed E-state index contributed by atoms with van der Waals surface area (Å²) in [5.74, 6) is -0.137. The second-order valence-corrected chi connectivity index (χ2v) is 7.08. The molecule has 3 rings (SSSR count). The Hall–Kier alpha value is -1.79. The minimum Gasteiger partial charge on any atom is -0.389 e. The van der Waals surface area contributed by atoms with Crippen LogP contribution in [0.4, 0.5) is 5.69 Å². The number of nitrogens with one attached hydrogen (secondary N) is 1. The number of nitrogens with zero attached hydrogens (tertiary/aromatic N) is 2. The largest absolute Gasteiger partial charge is 0.389 e. The van der Waals surface area contributed by atoms with Gasteiger partial charge in [0.1, 0.15) is 0 Å². The Morgan fingerprint density at radius 2 is 2.13 bits per heavy atom. The number of benzene rings is 1. The molecule has 1 aliphatic carbocycles. The maximum atomic E-state index is 12.3. The first-order valence-electron chi connectivity index (χ1n) is 7.82. The van der Waals surface area contributed by atoms with E-state index in [2.05, 4.69) is 10.3 Å². The zero-order valence-corrected chi connectivity index (χ0v) is 14.0. The molecule has 1 saturated carbocycles. The molecule has 1 aromatic heterocycles. The van der Waals surface area contributed by atoms with Crippen molar-refractivity contribution >= 4 is 23.4 Å². The molecule has 1 fully saturated rings. The van der Waals surface area contributed by atoms with Crippen LogP contribution in [-0.2, 0) is 11.8 Å². The summed E-state index contributed by atoms with van der Waals surface area (Å²) in [7, 11) is 1.94. The molecule has 0 atom stereocenters. The predicted octanol–water partition coefficient (Wildman–Crippen LogP) is 3.21. The highest BCUT2D eigenvalue weighted by Crippen LogP contribution is 2.34. The van der Waals surface area contributed by atoms with Crippen molar-refractivity contribution < 1.29 is 9.90 Å². The van der Waals surface area contributed by atoms with Crippen LogP contribution in [0.2, 0.25) is 0 Å². The molecule has 0 bridgehead atoms. The average molecular weight is 331 g/mol. The Balaban J connectivity index is 1.70. The lowest BCUT2D eigenvalue weighted by Crippen LogP contribution is -2.30. The summed E-state index contributed by atoms with van der Waals surface area (Å²) in [6.45, 7) is 0. The first-order valence-corrected chi connectivity index (χ1v) is 8.64. The predicted molar refractivity (Wildman–Crippen MR) is 90.4 cm³/mol. The van der Waals surface area contributed by atoms with Gasteiger partial charge in [0.2, 0.25) is 5.91 Å². The van der Waals surface area contributed by atoms with Crippen LogP contribution in [-0.4, -0.2) is 26.2 Å². The van der Waals surface area contributed by atoms with Crippen LogP contribution in [0, 0.1) is 0 Å². The number of aliphatic hydroxyl groups is 1. The van der Waals surface area contributed by atoms with Crippen LogP contribution in [0.25, 0.3) is 0 Å². The summed E-state index contributed by atoms with van der Waals surface area (Å²) >= 11 is 1.51. The molecular weight excluding hydrogens is 310 g/mol. The third-order valence-corrected chi connectivity index (χ3v) is 5.32. The summed E-state index contributed by atoms with van der Waals surface area (Å²) in [6, 6.07) is 7.66. The van der Waals surface area contributed by atoms with E-state index in [-0.39, 0.29) is 12.3 Å². The van der Waals surface area contributed by atoms with E-state index < -0.39 is 5.60 Å². The van der Waals surface area contributed by atoms with E-state index in [9.17, 15) is 9.90 Å². The average Bonchev–Trinajstić information content (AvgIpc) is 3.10. The molecule has 2 aromatic rings. The summed E-state index contributed by atoms with van der Waals surface area (Å²) in [5.41, 5.74) is -0.0710. The van der Waals surface area contributed by atoms with Crippen molar-refractivity contribution in [3.05, 3.63) is 36.7 Å². The second kappa shape index (κ2) is 6.76. The van der Waals surface area contributed by atoms with Gasteiger partial charge >= 0.3 is 0 Å². The molecule has 0 unspecified atom stereocenters. The van der Waals surface area contributed by atoms with Gasteiger partial charge in [0.15, 0.2) is 5.16 Å². The van der Waals surface area contributed by atoms with E-state index >= 15 is 0 Å². The van der Waals surface area contributed by atoms with Gasteiger partial charge < -0.3 is 15.0 Å². The fraction of sp³-hybridized carbons (Fsp3) is 0.412. The monoisotopic (exact) mass is 331 g/mol. The van der Waals surface area contributed by atoms with Crippen LogP contribution in [0.5, 0.6) is 0 Å². The Kier molecular flexibility index (Phi) is 4.73. The van der Waals surface area contributed by atoms with Crippen LogP contribution in [0.3, 0.4) is 0 Å². The molecule has 1 amide bonds. The Bertz CT molecular complexity index is 693. The maximum absolute atomic E-state index is 12.3. The van der Waals surface area contributed by atoms with Gasteiger partial charge in [-0.1, -0.05) is 25.0 Å². The molecule has 6 heteroatoms. The van der Waals surface area contributed by atoms with Crippen LogP contribution < -0.4 is 5.32 Å². The number of hydrogen-bond donors (Lipinski definition) is 2. The Morgan fingerprint density at radius 3 is 2.83 bits per heavy atom. The summed E-state index contributed by atoms with van der Waals surface area (Å²) in [4.78, 5) is 17.5. The van der Waals surface area contributed by atoms with Gasteiger partial charge in [-0.2, -0.15) is 0 Å². The number of hydrogen-bond acceptors (Lipinski definition) is 4. The fourth-order valence-electron chi connectivity index (χ4n) is 2.91. The number of aryl methyl sites for hydroxylation is 1. The molecule has 1 heterocycles. The SMILES string of the molecule is Cn1ccnc1Sc1ccccc1NC(=O)CC1(O)CCCC1. The van der Waals surface area contributed by atoms with Gasteiger partial charge in [-0.25, -0.2) is 4.98 Å². The highest BCUT2D eigenvalue weighted by atomic mass is 32.2. The number of anilines is 1. The Labute approximate surface area is 140 Å². The molecule has 0 aliphatic heterocycles. The molecular formula is C17H21N3O2S. The van der Waals surface area contributed by atoms with Gasteiger partial charge in [0, 0.05) is 24.3 Å². The number of amides is 1. The lowest BCUT2D eigenvalue weighted by atomic mass is 9.97. The summed E-state index contributed by atoms with van der Waals surface area (Å²) in [5, 5.41) is 14.2. The van der Waals surface area contributed by atoms with Gasteiger partial charge in [-0.05, 0) is 36.7 Å². The third kappa shape index (κ3) is 3.95. The standard InChI is InChI=1S/C17H21N3O2S/c1-20-11-10-18-16(20)23-14-7-3-2-6-13(14)19-15(21)12-17(22)8-4-5-9-17/h2-3,6-7,10-11,22H,4-5,8-9,12H2,1H3,(H,19,21). The first-order chi connectivity index (χ1) is 11.1. The van der Waals surface area contributed by atoms with Crippen molar-refractivity contribution in [2.75, 3.05) is 5.32 Å². The fourth-order valence-corrected chi connectivity index (χ4v) is 3.80. The van der Waals surface area contributed by atoms with Crippen molar-refractivity contribution in [1.82, 2.24) is 9.55 Å². The number of carbonyl (C=O) groups excluding carboxylic acids is 1. The lowest BCUT2D eigenvalue weighted by molar-refractivity contribution is -0.120. The van der Waals surface area contributed by atoms with Crippen molar-refractivity contribution in [3.63, 3.8) is 0 Å². The van der Waals surface area contributed by atoms with E-state index in [4.69, 9.17) is 0 Å². The van der Waals surface area contributed by atoms with Gasteiger partial charge in [-0.3, -0.25) is 4.79 Å². The number of imidazole rings is 1. The van der Waals surface area contributed by atoms with Crippen molar-refractivity contribution in [3.8, 4) is 0 Å². The number of rotatable bonds is 5. The van der Waals surface area contributed by atoms with E-state index in [0.717, 1.165) is 28.6 Å². The second-order valence-electron chi connectivity index (χ2n) is 6.08. The summed E-state index contributed by atoms with van der Waals surface area (Å²) in [6.07, 6.45) is 7.21.